The third-order valence-corrected chi connectivity index (χ3v) is 5.60. The molecule has 2 atom stereocenters. The molecule has 1 aromatic carbocycles. The van der Waals surface area contributed by atoms with Gasteiger partial charge in [0.25, 0.3) is 0 Å². The third kappa shape index (κ3) is 3.53. The molecule has 1 amide bonds. The molecule has 0 spiro atoms. The van der Waals surface area contributed by atoms with Crippen molar-refractivity contribution in [1.29, 1.82) is 0 Å². The number of alkyl halides is 3. The number of rotatable bonds is 4. The van der Waals surface area contributed by atoms with Gasteiger partial charge in [0, 0.05) is 36.4 Å². The molecular weight excluding hydrogens is 371 g/mol. The first kappa shape index (κ1) is 19.0. The van der Waals surface area contributed by atoms with Gasteiger partial charge in [-0.3, -0.25) is 9.78 Å². The fourth-order valence-electron chi connectivity index (χ4n) is 3.91. The minimum atomic E-state index is -4.47. The summed E-state index contributed by atoms with van der Waals surface area (Å²) in [4.78, 5) is 18.1. The van der Waals surface area contributed by atoms with Crippen LogP contribution in [0.3, 0.4) is 0 Å². The summed E-state index contributed by atoms with van der Waals surface area (Å²) >= 11 is 0. The first-order valence-electron chi connectivity index (χ1n) is 9.44. The lowest BCUT2D eigenvalue weighted by molar-refractivity contribution is -0.136. The molecule has 28 heavy (non-hydrogen) atoms. The van der Waals surface area contributed by atoms with Gasteiger partial charge in [-0.2, -0.15) is 13.2 Å². The summed E-state index contributed by atoms with van der Waals surface area (Å²) in [6, 6.07) is 4.12. The van der Waals surface area contributed by atoms with Crippen molar-refractivity contribution < 1.29 is 23.1 Å². The van der Waals surface area contributed by atoms with Gasteiger partial charge in [-0.15, -0.1) is 0 Å². The number of nitrogens with zero attached hydrogens (tertiary/aromatic N) is 2. The van der Waals surface area contributed by atoms with E-state index in [4.69, 9.17) is 0 Å². The topological polar surface area (TPSA) is 65.5 Å². The van der Waals surface area contributed by atoms with Crippen molar-refractivity contribution in [3.05, 3.63) is 35.5 Å². The maximum atomic E-state index is 13.4. The Balaban J connectivity index is 1.59. The second-order valence-corrected chi connectivity index (χ2v) is 7.70. The molecular formula is C20H22F3N3O2. The predicted octanol–water partition coefficient (Wildman–Crippen LogP) is 3.03. The van der Waals surface area contributed by atoms with Gasteiger partial charge >= 0.3 is 6.18 Å². The lowest BCUT2D eigenvalue weighted by atomic mass is 10.0. The summed E-state index contributed by atoms with van der Waals surface area (Å²) in [6.45, 7) is 2.87. The van der Waals surface area contributed by atoms with E-state index < -0.39 is 17.8 Å². The molecule has 2 heterocycles. The van der Waals surface area contributed by atoms with Crippen molar-refractivity contribution in [2.75, 3.05) is 18.0 Å². The minimum absolute atomic E-state index is 0.0540. The number of carbonyl (C=O) groups excluding carboxylic acids is 1. The highest BCUT2D eigenvalue weighted by atomic mass is 19.4. The molecule has 1 unspecified atom stereocenters. The van der Waals surface area contributed by atoms with Gasteiger partial charge in [-0.05, 0) is 55.9 Å². The standard InChI is InChI=1S/C20H22F3N3O2/c1-11-6-8-24-17-14(20(21,22)23)4-5-15(16(11)17)26-9-7-13(10-26)25-19(28)18(27)12-2-3-12/h4-6,8,12-13,18,27H,2-3,7,9-10H2,1H3,(H,25,28)/t13?,18-/m0/s1. The molecule has 2 fully saturated rings. The van der Waals surface area contributed by atoms with Crippen LogP contribution in [0.15, 0.2) is 24.4 Å². The van der Waals surface area contributed by atoms with Gasteiger partial charge in [0.2, 0.25) is 5.91 Å². The molecule has 8 heteroatoms. The average Bonchev–Trinajstić information content (AvgIpc) is 3.39. The quantitative estimate of drug-likeness (QED) is 0.838. The Morgan fingerprint density at radius 1 is 1.29 bits per heavy atom. The summed E-state index contributed by atoms with van der Waals surface area (Å²) in [7, 11) is 0. The molecule has 150 valence electrons. The van der Waals surface area contributed by atoms with Gasteiger partial charge in [-0.1, -0.05) is 0 Å². The lowest BCUT2D eigenvalue weighted by Crippen LogP contribution is -2.43. The lowest BCUT2D eigenvalue weighted by Gasteiger charge is -2.23. The van der Waals surface area contributed by atoms with Crippen molar-refractivity contribution in [1.82, 2.24) is 10.3 Å². The van der Waals surface area contributed by atoms with Crippen LogP contribution in [0.5, 0.6) is 0 Å². The van der Waals surface area contributed by atoms with Crippen molar-refractivity contribution in [2.45, 2.75) is 44.5 Å². The highest BCUT2D eigenvalue weighted by Crippen LogP contribution is 2.39. The van der Waals surface area contributed by atoms with E-state index in [9.17, 15) is 23.1 Å². The van der Waals surface area contributed by atoms with Crippen LogP contribution in [-0.4, -0.2) is 41.2 Å². The number of nitrogens with one attached hydrogen (secondary N) is 1. The third-order valence-electron chi connectivity index (χ3n) is 5.60. The first-order chi connectivity index (χ1) is 13.3. The van der Waals surface area contributed by atoms with Gasteiger partial charge in [-0.25, -0.2) is 0 Å². The summed E-state index contributed by atoms with van der Waals surface area (Å²) in [5.74, 6) is -0.297. The molecule has 2 aromatic rings. The van der Waals surface area contributed by atoms with E-state index in [0.717, 1.165) is 24.5 Å². The van der Waals surface area contributed by atoms with Crippen LogP contribution in [0.25, 0.3) is 10.9 Å². The maximum absolute atomic E-state index is 13.4. The van der Waals surface area contributed by atoms with E-state index in [-0.39, 0.29) is 23.4 Å². The van der Waals surface area contributed by atoms with Crippen LogP contribution in [-0.2, 0) is 11.0 Å². The van der Waals surface area contributed by atoms with E-state index in [0.29, 0.717) is 30.6 Å². The van der Waals surface area contributed by atoms with Crippen LogP contribution in [0.1, 0.15) is 30.4 Å². The number of hydrogen-bond donors (Lipinski definition) is 2. The number of aliphatic hydroxyl groups is 1. The fraction of sp³-hybridized carbons (Fsp3) is 0.500. The Labute approximate surface area is 160 Å². The molecule has 1 aromatic heterocycles. The normalized spacial score (nSPS) is 21.2. The number of carbonyl (C=O) groups is 1. The number of aryl methyl sites for hydroxylation is 1. The SMILES string of the molecule is Cc1ccnc2c(C(F)(F)F)ccc(N3CCC(NC(=O)[C@@H](O)C4CC4)C3)c12. The van der Waals surface area contributed by atoms with E-state index >= 15 is 0 Å². The van der Waals surface area contributed by atoms with Crippen molar-refractivity contribution in [3.63, 3.8) is 0 Å². The van der Waals surface area contributed by atoms with Gasteiger partial charge in [0.1, 0.15) is 6.10 Å². The molecule has 0 radical (unpaired) electrons. The molecule has 1 saturated carbocycles. The van der Waals surface area contributed by atoms with Crippen LogP contribution in [0.4, 0.5) is 18.9 Å². The summed E-state index contributed by atoms with van der Waals surface area (Å²) in [5, 5.41) is 13.3. The number of fused-ring (bicyclic) bond motifs is 1. The largest absolute Gasteiger partial charge is 0.418 e. The number of amides is 1. The highest BCUT2D eigenvalue weighted by molar-refractivity contribution is 5.97. The molecule has 2 aliphatic rings. The Morgan fingerprint density at radius 2 is 2.04 bits per heavy atom. The van der Waals surface area contributed by atoms with E-state index in [1.165, 1.54) is 12.3 Å². The second kappa shape index (κ2) is 6.92. The number of aromatic nitrogens is 1. The van der Waals surface area contributed by atoms with Crippen LogP contribution >= 0.6 is 0 Å². The summed E-state index contributed by atoms with van der Waals surface area (Å²) in [6.07, 6.45) is -1.64. The zero-order chi connectivity index (χ0) is 20.1. The Kier molecular flexibility index (Phi) is 4.69. The predicted molar refractivity (Wildman–Crippen MR) is 99.0 cm³/mol. The molecule has 4 rings (SSSR count). The smallest absolute Gasteiger partial charge is 0.383 e. The molecule has 5 nitrogen and oxygen atoms in total. The van der Waals surface area contributed by atoms with Crippen LogP contribution < -0.4 is 10.2 Å². The highest BCUT2D eigenvalue weighted by Gasteiger charge is 2.37. The molecule has 0 bridgehead atoms. The molecule has 1 saturated heterocycles. The minimum Gasteiger partial charge on any atom is -0.383 e. The Bertz CT molecular complexity index is 911. The van der Waals surface area contributed by atoms with Gasteiger partial charge < -0.3 is 15.3 Å². The summed E-state index contributed by atoms with van der Waals surface area (Å²) in [5.41, 5.74) is 0.615. The molecule has 2 N–H and O–H groups in total. The number of aliphatic hydroxyl groups excluding tert-OH is 1. The Morgan fingerprint density at radius 3 is 2.71 bits per heavy atom. The van der Waals surface area contributed by atoms with Crippen molar-refractivity contribution in [3.8, 4) is 0 Å². The van der Waals surface area contributed by atoms with Crippen molar-refractivity contribution >= 4 is 22.5 Å². The van der Waals surface area contributed by atoms with Gasteiger partial charge in [0.05, 0.1) is 11.1 Å². The number of pyridine rings is 1. The summed E-state index contributed by atoms with van der Waals surface area (Å²) < 4.78 is 40.2. The zero-order valence-electron chi connectivity index (χ0n) is 15.5. The fourth-order valence-corrected chi connectivity index (χ4v) is 3.91. The number of halogens is 3. The monoisotopic (exact) mass is 393 g/mol. The average molecular weight is 393 g/mol. The van der Waals surface area contributed by atoms with Crippen LogP contribution in [0.2, 0.25) is 0 Å². The van der Waals surface area contributed by atoms with Crippen LogP contribution in [0, 0.1) is 12.8 Å². The molecule has 1 aliphatic carbocycles. The van der Waals surface area contributed by atoms with E-state index in [2.05, 4.69) is 10.3 Å². The number of anilines is 1. The Hall–Kier alpha value is -2.35. The second-order valence-electron chi connectivity index (χ2n) is 7.70. The number of benzene rings is 1. The maximum Gasteiger partial charge on any atom is 0.418 e. The zero-order valence-corrected chi connectivity index (χ0v) is 15.5. The molecule has 1 aliphatic heterocycles. The van der Waals surface area contributed by atoms with Gasteiger partial charge in [0.15, 0.2) is 0 Å². The van der Waals surface area contributed by atoms with Crippen molar-refractivity contribution in [2.24, 2.45) is 5.92 Å². The van der Waals surface area contributed by atoms with E-state index in [1.807, 2.05) is 4.90 Å². The van der Waals surface area contributed by atoms with E-state index in [1.54, 1.807) is 13.0 Å². The number of hydrogen-bond acceptors (Lipinski definition) is 4. The first-order valence-corrected chi connectivity index (χ1v) is 9.44.